The average molecular weight is 181 g/mol. The topological polar surface area (TPSA) is 57.6 Å². The molecule has 0 heterocycles. The second-order valence-electron chi connectivity index (χ2n) is 2.50. The Kier molecular flexibility index (Phi) is 5.45. The summed E-state index contributed by atoms with van der Waals surface area (Å²) in [6.45, 7) is 4.16. The fourth-order valence-corrected chi connectivity index (χ4v) is 1.54. The van der Waals surface area contributed by atoms with Crippen LogP contribution in [0.15, 0.2) is 0 Å². The van der Waals surface area contributed by atoms with E-state index in [0.29, 0.717) is 6.54 Å². The van der Waals surface area contributed by atoms with Crippen molar-refractivity contribution in [1.82, 2.24) is 4.31 Å². The van der Waals surface area contributed by atoms with E-state index in [1.165, 1.54) is 4.31 Å². The summed E-state index contributed by atoms with van der Waals surface area (Å²) >= 11 is 0. The number of aliphatic hydroxyl groups excluding tert-OH is 1. The lowest BCUT2D eigenvalue weighted by Crippen LogP contribution is -2.30. The Balaban J connectivity index is 3.89. The predicted molar refractivity (Wildman–Crippen MR) is 43.9 cm³/mol. The molecule has 68 valence electrons. The van der Waals surface area contributed by atoms with Gasteiger partial charge in [-0.2, -0.15) is 0 Å². The van der Waals surface area contributed by atoms with Gasteiger partial charge in [0.05, 0.1) is 6.10 Å². The molecule has 0 spiro atoms. The van der Waals surface area contributed by atoms with Gasteiger partial charge in [0.2, 0.25) is 10.9 Å². The second kappa shape index (κ2) is 5.51. The summed E-state index contributed by atoms with van der Waals surface area (Å²) in [5.41, 5.74) is 0. The van der Waals surface area contributed by atoms with Crippen molar-refractivity contribution < 1.29 is 13.5 Å². The van der Waals surface area contributed by atoms with Crippen molar-refractivity contribution in [2.75, 3.05) is 13.1 Å². The van der Waals surface area contributed by atoms with Crippen molar-refractivity contribution in [3.8, 4) is 0 Å². The van der Waals surface area contributed by atoms with Crippen LogP contribution >= 0.6 is 0 Å². The molecule has 0 saturated heterocycles. The molecule has 0 fully saturated rings. The zero-order chi connectivity index (χ0) is 8.85. The van der Waals surface area contributed by atoms with Gasteiger partial charge in [-0.25, -0.2) is 12.7 Å². The van der Waals surface area contributed by atoms with E-state index < -0.39 is 17.0 Å². The normalized spacial score (nSPS) is 14.3. The van der Waals surface area contributed by atoms with E-state index in [1.54, 1.807) is 6.92 Å². The molecule has 11 heavy (non-hydrogen) atoms. The van der Waals surface area contributed by atoms with Crippen LogP contribution in [0.3, 0.4) is 0 Å². The van der Waals surface area contributed by atoms with Crippen LogP contribution in [0.25, 0.3) is 0 Å². The molecule has 0 aliphatic rings. The molecule has 0 rings (SSSR count). The molecule has 1 atom stereocenters. The van der Waals surface area contributed by atoms with Gasteiger partial charge in [0, 0.05) is 13.1 Å². The number of thiol groups is 1. The Morgan fingerprint density at radius 3 is 2.36 bits per heavy atom. The number of aliphatic hydroxyl groups is 1. The smallest absolute Gasteiger partial charge is 0.204 e. The molecular formula is C6H15NO3S. The summed E-state index contributed by atoms with van der Waals surface area (Å²) in [7, 11) is -2.53. The van der Waals surface area contributed by atoms with Crippen LogP contribution in [0.5, 0.6) is 0 Å². The molecule has 0 aliphatic carbocycles. The van der Waals surface area contributed by atoms with E-state index in [4.69, 9.17) is 5.11 Å². The number of rotatable bonds is 5. The van der Waals surface area contributed by atoms with Crippen LogP contribution in [-0.4, -0.2) is 37.0 Å². The van der Waals surface area contributed by atoms with Crippen LogP contribution in [0.2, 0.25) is 0 Å². The van der Waals surface area contributed by atoms with E-state index >= 15 is 0 Å². The Hall–Kier alpha value is -0.130. The van der Waals surface area contributed by atoms with Crippen LogP contribution in [-0.2, 0) is 10.9 Å². The summed E-state index contributed by atoms with van der Waals surface area (Å²) in [5.74, 6) is 0. The summed E-state index contributed by atoms with van der Waals surface area (Å²) in [5, 5.41) is 8.89. The van der Waals surface area contributed by atoms with Crippen LogP contribution in [0.1, 0.15) is 20.3 Å². The minimum absolute atomic E-state index is 0.201. The molecule has 1 unspecified atom stereocenters. The largest absolute Gasteiger partial charge is 0.392 e. The fourth-order valence-electron chi connectivity index (χ4n) is 0.803. The number of nitrogens with zero attached hydrogens (tertiary/aromatic N) is 1. The molecule has 0 bridgehead atoms. The summed E-state index contributed by atoms with van der Waals surface area (Å²) in [6.07, 6.45) is 0.185. The maximum Gasteiger partial charge on any atom is 0.204 e. The summed E-state index contributed by atoms with van der Waals surface area (Å²) < 4.78 is 22.2. The van der Waals surface area contributed by atoms with Gasteiger partial charge in [-0.1, -0.05) is 6.92 Å². The zero-order valence-corrected chi connectivity index (χ0v) is 7.75. The third kappa shape index (κ3) is 5.17. The minimum atomic E-state index is -2.53. The van der Waals surface area contributed by atoms with Gasteiger partial charge < -0.3 is 5.11 Å². The highest BCUT2D eigenvalue weighted by Gasteiger charge is 2.07. The molecule has 0 aromatic carbocycles. The monoisotopic (exact) mass is 181 g/mol. The predicted octanol–water partition coefficient (Wildman–Crippen LogP) is -0.394. The van der Waals surface area contributed by atoms with Gasteiger partial charge >= 0.3 is 0 Å². The lowest BCUT2D eigenvalue weighted by Gasteiger charge is -2.15. The second-order valence-corrected chi connectivity index (χ2v) is 3.54. The number of hydrogen-bond donors (Lipinski definition) is 2. The lowest BCUT2D eigenvalue weighted by atomic mass is 10.4. The van der Waals surface area contributed by atoms with Gasteiger partial charge in [0.25, 0.3) is 0 Å². The molecule has 4 nitrogen and oxygen atoms in total. The molecule has 0 amide bonds. The van der Waals surface area contributed by atoms with Gasteiger partial charge in [-0.05, 0) is 13.3 Å². The first kappa shape index (κ1) is 10.9. The molecule has 0 aromatic rings. The Morgan fingerprint density at radius 2 is 2.09 bits per heavy atom. The molecular weight excluding hydrogens is 166 g/mol. The third-order valence-electron chi connectivity index (χ3n) is 1.19. The van der Waals surface area contributed by atoms with Gasteiger partial charge in [0.15, 0.2) is 0 Å². The maximum absolute atomic E-state index is 10.5. The van der Waals surface area contributed by atoms with Crippen molar-refractivity contribution in [2.45, 2.75) is 26.4 Å². The molecule has 1 N–H and O–H groups in total. The fraction of sp³-hybridized carbons (Fsp3) is 1.00. The summed E-state index contributed by atoms with van der Waals surface area (Å²) in [6, 6.07) is 0. The molecule has 0 radical (unpaired) electrons. The molecule has 5 heteroatoms. The van der Waals surface area contributed by atoms with Crippen molar-refractivity contribution in [3.05, 3.63) is 0 Å². The highest BCUT2D eigenvalue weighted by molar-refractivity contribution is 7.69. The Bertz CT molecular complexity index is 159. The van der Waals surface area contributed by atoms with E-state index in [2.05, 4.69) is 0 Å². The van der Waals surface area contributed by atoms with E-state index in [9.17, 15) is 8.42 Å². The van der Waals surface area contributed by atoms with E-state index in [-0.39, 0.29) is 6.54 Å². The standard InChI is InChI=1S/C6H15NO3S/c1-3-4-7(11(9)10)5-6(2)8/h6,8,11H,3-5H2,1-2H3. The first-order chi connectivity index (χ1) is 5.07. The number of hydrogen-bond acceptors (Lipinski definition) is 3. The van der Waals surface area contributed by atoms with Crippen molar-refractivity contribution in [3.63, 3.8) is 0 Å². The Morgan fingerprint density at radius 1 is 1.55 bits per heavy atom. The maximum atomic E-state index is 10.5. The van der Waals surface area contributed by atoms with Crippen LogP contribution < -0.4 is 0 Å². The van der Waals surface area contributed by atoms with Crippen LogP contribution in [0.4, 0.5) is 0 Å². The Labute approximate surface area is 68.9 Å². The highest BCUT2D eigenvalue weighted by atomic mass is 32.2. The van der Waals surface area contributed by atoms with E-state index in [0.717, 1.165) is 6.42 Å². The SMILES string of the molecule is CCCN(CC(C)O)[SH](=O)=O. The average Bonchev–Trinajstić information content (AvgIpc) is 1.86. The first-order valence-electron chi connectivity index (χ1n) is 3.65. The van der Waals surface area contributed by atoms with E-state index in [1.807, 2.05) is 6.92 Å². The first-order valence-corrected chi connectivity index (χ1v) is 4.78. The van der Waals surface area contributed by atoms with Crippen LogP contribution in [0, 0.1) is 0 Å². The van der Waals surface area contributed by atoms with Crippen molar-refractivity contribution in [2.24, 2.45) is 0 Å². The molecule has 0 saturated carbocycles. The zero-order valence-electron chi connectivity index (χ0n) is 6.86. The molecule has 0 aromatic heterocycles. The van der Waals surface area contributed by atoms with Gasteiger partial charge in [0.1, 0.15) is 0 Å². The highest BCUT2D eigenvalue weighted by Crippen LogP contribution is 1.93. The minimum Gasteiger partial charge on any atom is -0.392 e. The van der Waals surface area contributed by atoms with Crippen molar-refractivity contribution in [1.29, 1.82) is 0 Å². The lowest BCUT2D eigenvalue weighted by molar-refractivity contribution is 0.164. The van der Waals surface area contributed by atoms with Gasteiger partial charge in [-0.3, -0.25) is 0 Å². The quantitative estimate of drug-likeness (QED) is 0.568. The third-order valence-corrected chi connectivity index (χ3v) is 2.01. The van der Waals surface area contributed by atoms with Gasteiger partial charge in [-0.15, -0.1) is 0 Å². The summed E-state index contributed by atoms with van der Waals surface area (Å²) in [4.78, 5) is 0. The van der Waals surface area contributed by atoms with Crippen molar-refractivity contribution >= 4 is 10.9 Å². The molecule has 0 aliphatic heterocycles.